The smallest absolute Gasteiger partial charge is 0.273 e. The minimum atomic E-state index is -0.379. The largest absolute Gasteiger partial charge is 0.369 e. The van der Waals surface area contributed by atoms with Crippen molar-refractivity contribution in [2.24, 2.45) is 28.9 Å². The second-order valence-electron chi connectivity index (χ2n) is 8.70. The molecule has 4 fully saturated rings. The Bertz CT molecular complexity index is 940. The highest BCUT2D eigenvalue weighted by atomic mass is 19.1. The van der Waals surface area contributed by atoms with Gasteiger partial charge in [0.05, 0.1) is 0 Å². The van der Waals surface area contributed by atoms with Crippen molar-refractivity contribution < 1.29 is 18.5 Å². The van der Waals surface area contributed by atoms with E-state index in [0.717, 1.165) is 32.1 Å². The van der Waals surface area contributed by atoms with E-state index in [9.17, 15) is 14.0 Å². The molecule has 4 saturated carbocycles. The molecule has 0 radical (unpaired) electrons. The van der Waals surface area contributed by atoms with Crippen LogP contribution in [0.5, 0.6) is 0 Å². The van der Waals surface area contributed by atoms with E-state index in [-0.39, 0.29) is 46.6 Å². The highest BCUT2D eigenvalue weighted by Gasteiger charge is 2.58. The van der Waals surface area contributed by atoms with Crippen molar-refractivity contribution in [1.82, 2.24) is 10.5 Å². The molecule has 146 valence electrons. The monoisotopic (exact) mass is 383 g/mol. The number of carbonyl (C=O) groups is 2. The minimum absolute atomic E-state index is 0.0332. The quantitative estimate of drug-likeness (QED) is 0.848. The zero-order chi connectivity index (χ0) is 19.5. The number of carbonyl (C=O) groups excluding carboxylic acids is 2. The van der Waals surface area contributed by atoms with E-state index in [2.05, 4.69) is 10.5 Å². The molecule has 6 rings (SSSR count). The van der Waals surface area contributed by atoms with Crippen LogP contribution in [-0.4, -0.2) is 23.0 Å². The zero-order valence-corrected chi connectivity index (χ0v) is 15.4. The third kappa shape index (κ3) is 2.72. The number of nitrogens with one attached hydrogen (secondary N) is 1. The number of hydrogen-bond acceptors (Lipinski definition) is 4. The average Bonchev–Trinajstić information content (AvgIpc) is 3.14. The molecule has 28 heavy (non-hydrogen) atoms. The van der Waals surface area contributed by atoms with Crippen LogP contribution in [0.4, 0.5) is 4.39 Å². The predicted molar refractivity (Wildman–Crippen MR) is 98.3 cm³/mol. The van der Waals surface area contributed by atoms with Gasteiger partial charge < -0.3 is 15.6 Å². The topological polar surface area (TPSA) is 98.2 Å². The molecular weight excluding hydrogens is 361 g/mol. The second-order valence-corrected chi connectivity index (χ2v) is 8.70. The first-order valence-electron chi connectivity index (χ1n) is 9.77. The van der Waals surface area contributed by atoms with Gasteiger partial charge in [-0.1, -0.05) is 17.3 Å². The Labute approximate surface area is 161 Å². The van der Waals surface area contributed by atoms with Gasteiger partial charge in [-0.15, -0.1) is 0 Å². The van der Waals surface area contributed by atoms with Crippen LogP contribution in [0.3, 0.4) is 0 Å². The molecule has 0 spiro atoms. The molecule has 1 aromatic carbocycles. The summed E-state index contributed by atoms with van der Waals surface area (Å²) in [6.45, 7) is 0. The van der Waals surface area contributed by atoms with Crippen molar-refractivity contribution >= 4 is 11.8 Å². The Balaban J connectivity index is 1.33. The van der Waals surface area contributed by atoms with Gasteiger partial charge in [-0.3, -0.25) is 9.59 Å². The van der Waals surface area contributed by atoms with Crippen molar-refractivity contribution in [2.45, 2.75) is 38.1 Å². The first-order valence-corrected chi connectivity index (χ1v) is 9.77. The van der Waals surface area contributed by atoms with Gasteiger partial charge in [-0.25, -0.2) is 4.39 Å². The summed E-state index contributed by atoms with van der Waals surface area (Å²) in [7, 11) is 0. The molecule has 4 aliphatic rings. The summed E-state index contributed by atoms with van der Waals surface area (Å²) in [6.07, 6.45) is 4.48. The van der Waals surface area contributed by atoms with Crippen LogP contribution in [0.25, 0.3) is 11.3 Å². The fourth-order valence-corrected chi connectivity index (χ4v) is 5.95. The molecule has 0 saturated heterocycles. The molecule has 2 atom stereocenters. The first kappa shape index (κ1) is 17.4. The molecular formula is C21H22FN3O3. The van der Waals surface area contributed by atoms with E-state index >= 15 is 0 Å². The van der Waals surface area contributed by atoms with Crippen LogP contribution < -0.4 is 11.1 Å². The van der Waals surface area contributed by atoms with E-state index in [0.29, 0.717) is 17.2 Å². The molecule has 1 heterocycles. The molecule has 2 unspecified atom stereocenters. The van der Waals surface area contributed by atoms with Crippen LogP contribution in [0.2, 0.25) is 0 Å². The maximum absolute atomic E-state index is 13.4. The van der Waals surface area contributed by atoms with Crippen LogP contribution >= 0.6 is 0 Å². The second kappa shape index (κ2) is 6.15. The zero-order valence-electron chi connectivity index (χ0n) is 15.4. The Kier molecular flexibility index (Phi) is 3.82. The molecule has 7 heteroatoms. The van der Waals surface area contributed by atoms with Crippen molar-refractivity contribution in [1.29, 1.82) is 0 Å². The summed E-state index contributed by atoms with van der Waals surface area (Å²) in [5, 5.41) is 6.99. The molecule has 1 aromatic heterocycles. The number of amides is 2. The predicted octanol–water partition coefficient (Wildman–Crippen LogP) is 2.89. The van der Waals surface area contributed by atoms with Gasteiger partial charge in [0.15, 0.2) is 11.5 Å². The van der Waals surface area contributed by atoms with Crippen LogP contribution in [0, 0.1) is 29.0 Å². The van der Waals surface area contributed by atoms with E-state index in [1.165, 1.54) is 18.2 Å². The van der Waals surface area contributed by atoms with Gasteiger partial charge in [-0.05, 0) is 62.0 Å². The number of rotatable bonds is 4. The maximum atomic E-state index is 13.4. The van der Waals surface area contributed by atoms with E-state index in [1.807, 2.05) is 0 Å². The van der Waals surface area contributed by atoms with Gasteiger partial charge in [0, 0.05) is 23.1 Å². The lowest BCUT2D eigenvalue weighted by molar-refractivity contribution is -0.145. The molecule has 4 aliphatic carbocycles. The number of nitrogens with two attached hydrogens (primary N) is 1. The van der Waals surface area contributed by atoms with E-state index < -0.39 is 0 Å². The maximum Gasteiger partial charge on any atom is 0.273 e. The summed E-state index contributed by atoms with van der Waals surface area (Å²) >= 11 is 0. The number of primary amides is 1. The van der Waals surface area contributed by atoms with Crippen molar-refractivity contribution in [3.05, 3.63) is 41.8 Å². The lowest BCUT2D eigenvalue weighted by Gasteiger charge is -2.58. The summed E-state index contributed by atoms with van der Waals surface area (Å²) < 4.78 is 18.7. The Morgan fingerprint density at radius 2 is 1.93 bits per heavy atom. The molecule has 2 amide bonds. The number of aromatic nitrogens is 1. The standard InChI is InChI=1S/C21H22FN3O3/c22-15-3-1-2-12(6-15)17-7-16(25-28-17)19(26)24-18-13-4-11-5-14(18)10-21(8-11,9-13)20(23)27/h1-3,6-7,11,13-14,18H,4-5,8-10H2,(H2,23,27)(H,24,26)/t11?,13?,14?,18-,21-. The van der Waals surface area contributed by atoms with Crippen molar-refractivity contribution in [2.75, 3.05) is 0 Å². The van der Waals surface area contributed by atoms with Gasteiger partial charge >= 0.3 is 0 Å². The van der Waals surface area contributed by atoms with Crippen LogP contribution in [-0.2, 0) is 4.79 Å². The third-order valence-corrected chi connectivity index (χ3v) is 6.95. The summed E-state index contributed by atoms with van der Waals surface area (Å²) in [4.78, 5) is 24.8. The molecule has 4 bridgehead atoms. The Hall–Kier alpha value is -2.70. The molecule has 2 aromatic rings. The third-order valence-electron chi connectivity index (χ3n) is 6.95. The highest BCUT2D eigenvalue weighted by Crippen LogP contribution is 2.59. The first-order chi connectivity index (χ1) is 13.4. The average molecular weight is 383 g/mol. The van der Waals surface area contributed by atoms with Gasteiger partial charge in [0.1, 0.15) is 5.82 Å². The lowest BCUT2D eigenvalue weighted by Crippen LogP contribution is -2.62. The van der Waals surface area contributed by atoms with Crippen LogP contribution in [0.15, 0.2) is 34.9 Å². The Morgan fingerprint density at radius 1 is 1.18 bits per heavy atom. The van der Waals surface area contributed by atoms with Crippen LogP contribution in [0.1, 0.15) is 42.6 Å². The lowest BCUT2D eigenvalue weighted by atomic mass is 9.47. The molecule has 3 N–H and O–H groups in total. The van der Waals surface area contributed by atoms with Crippen molar-refractivity contribution in [3.63, 3.8) is 0 Å². The highest BCUT2D eigenvalue weighted by molar-refractivity contribution is 5.93. The molecule has 6 nitrogen and oxygen atoms in total. The van der Waals surface area contributed by atoms with E-state index in [4.69, 9.17) is 10.3 Å². The fourth-order valence-electron chi connectivity index (χ4n) is 5.95. The van der Waals surface area contributed by atoms with Crippen molar-refractivity contribution in [3.8, 4) is 11.3 Å². The summed E-state index contributed by atoms with van der Waals surface area (Å²) in [6, 6.07) is 7.53. The van der Waals surface area contributed by atoms with Gasteiger partial charge in [-0.2, -0.15) is 0 Å². The number of hydrogen-bond donors (Lipinski definition) is 2. The SMILES string of the molecule is NC(=O)[C@]12CC3CC(C1)[C@@H](NC(=O)c1cc(-c4cccc(F)c4)on1)C(C3)C2. The van der Waals surface area contributed by atoms with Gasteiger partial charge in [0.25, 0.3) is 5.91 Å². The summed E-state index contributed by atoms with van der Waals surface area (Å²) in [5.41, 5.74) is 6.05. The summed E-state index contributed by atoms with van der Waals surface area (Å²) in [5.74, 6) is 0.573. The Morgan fingerprint density at radius 3 is 2.61 bits per heavy atom. The number of halogens is 1. The fraction of sp³-hybridized carbons (Fsp3) is 0.476. The number of benzene rings is 1. The molecule has 0 aliphatic heterocycles. The van der Waals surface area contributed by atoms with Gasteiger partial charge in [0.2, 0.25) is 5.91 Å². The number of nitrogens with zero attached hydrogens (tertiary/aromatic N) is 1. The van der Waals surface area contributed by atoms with E-state index in [1.54, 1.807) is 12.1 Å². The normalized spacial score (nSPS) is 33.0. The minimum Gasteiger partial charge on any atom is -0.369 e.